The third kappa shape index (κ3) is 13.5. The number of rotatable bonds is 1. The molecule has 146 valence electrons. The van der Waals surface area contributed by atoms with Crippen molar-refractivity contribution in [1.82, 2.24) is 4.90 Å². The maximum Gasteiger partial charge on any atom is 0.410 e. The Hall–Kier alpha value is -0.950. The van der Waals surface area contributed by atoms with Crippen molar-refractivity contribution >= 4 is 22.9 Å². The van der Waals surface area contributed by atoms with Crippen molar-refractivity contribution in [2.75, 3.05) is 32.7 Å². The van der Waals surface area contributed by atoms with Gasteiger partial charge in [0.2, 0.25) is 0 Å². The molecule has 7 heteroatoms. The molecule has 1 rings (SSSR count). The van der Waals surface area contributed by atoms with E-state index < -0.39 is 10.3 Å². The number of amides is 1. The summed E-state index contributed by atoms with van der Waals surface area (Å²) >= 11 is 0. The van der Waals surface area contributed by atoms with Crippen molar-refractivity contribution < 1.29 is 23.6 Å². The van der Waals surface area contributed by atoms with Gasteiger partial charge in [0.05, 0.1) is 7.11 Å². The minimum Gasteiger partial charge on any atom is -0.471 e. The zero-order valence-corrected chi connectivity index (χ0v) is 17.7. The Bertz CT molecular complexity index is 349. The zero-order chi connectivity index (χ0) is 19.6. The van der Waals surface area contributed by atoms with Gasteiger partial charge in [-0.25, -0.2) is 4.79 Å². The summed E-state index contributed by atoms with van der Waals surface area (Å²) in [5.74, 6) is 0. The molecule has 0 unspecified atom stereocenters. The van der Waals surface area contributed by atoms with Crippen molar-refractivity contribution in [2.45, 2.75) is 64.7 Å². The second-order valence-corrected chi connectivity index (χ2v) is 11.7. The van der Waals surface area contributed by atoms with E-state index in [1.54, 1.807) is 4.90 Å². The second kappa shape index (κ2) is 10.8. The van der Waals surface area contributed by atoms with Crippen molar-refractivity contribution in [1.29, 1.82) is 0 Å². The summed E-state index contributed by atoms with van der Waals surface area (Å²) in [5.41, 5.74) is -0.361. The van der Waals surface area contributed by atoms with E-state index >= 15 is 0 Å². The van der Waals surface area contributed by atoms with Gasteiger partial charge in [-0.2, -0.15) is 0 Å². The van der Waals surface area contributed by atoms with Gasteiger partial charge in [0, 0.05) is 17.8 Å². The van der Waals surface area contributed by atoms with Crippen LogP contribution in [0.3, 0.4) is 0 Å². The first-order chi connectivity index (χ1) is 10.7. The lowest BCUT2D eigenvalue weighted by atomic mass is 10.2. The van der Waals surface area contributed by atoms with Crippen LogP contribution in [0.4, 0.5) is 4.79 Å². The number of ether oxygens (including phenoxy) is 2. The maximum absolute atomic E-state index is 11.4. The predicted molar refractivity (Wildman–Crippen MR) is 102 cm³/mol. The van der Waals surface area contributed by atoms with E-state index in [-0.39, 0.29) is 16.4 Å². The van der Waals surface area contributed by atoms with E-state index in [1.807, 2.05) is 33.3 Å². The van der Waals surface area contributed by atoms with Crippen LogP contribution < -0.4 is 0 Å². The van der Waals surface area contributed by atoms with E-state index in [2.05, 4.69) is 25.5 Å². The van der Waals surface area contributed by atoms with Crippen LogP contribution in [0.2, 0.25) is 0 Å². The molecule has 0 saturated carbocycles. The van der Waals surface area contributed by atoms with Crippen LogP contribution >= 0.6 is 10.3 Å². The smallest absolute Gasteiger partial charge is 0.410 e. The molecule has 0 bridgehead atoms. The molecule has 1 aliphatic heterocycles. The number of carbonyl (C=O) groups is 2. The van der Waals surface area contributed by atoms with Crippen LogP contribution in [0.5, 0.6) is 0 Å². The minimum absolute atomic E-state index is 0.0764. The third-order valence-electron chi connectivity index (χ3n) is 3.35. The topological polar surface area (TPSA) is 76.1 Å². The average Bonchev–Trinajstić information content (AvgIpc) is 2.89. The first-order valence-electron chi connectivity index (χ1n) is 8.05. The summed E-state index contributed by atoms with van der Waals surface area (Å²) in [6.07, 6.45) is 5.87. The van der Waals surface area contributed by atoms with Gasteiger partial charge in [-0.1, -0.05) is 20.8 Å². The van der Waals surface area contributed by atoms with E-state index in [0.29, 0.717) is 6.47 Å². The van der Waals surface area contributed by atoms with Crippen LogP contribution in [0.15, 0.2) is 0 Å². The van der Waals surface area contributed by atoms with Crippen molar-refractivity contribution in [2.24, 2.45) is 0 Å². The summed E-state index contributed by atoms with van der Waals surface area (Å²) in [5, 5.41) is 0. The van der Waals surface area contributed by atoms with Crippen LogP contribution in [-0.2, 0) is 14.3 Å². The highest BCUT2D eigenvalue weighted by Gasteiger charge is 2.24. The second-order valence-electron chi connectivity index (χ2n) is 7.89. The molecular formula is C17H37NO5S. The monoisotopic (exact) mass is 367 g/mol. The summed E-state index contributed by atoms with van der Waals surface area (Å²) < 4.78 is 18.6. The van der Waals surface area contributed by atoms with E-state index in [1.165, 1.54) is 7.11 Å². The molecule has 0 aliphatic carbocycles. The van der Waals surface area contributed by atoms with Crippen molar-refractivity contribution in [3.8, 4) is 0 Å². The third-order valence-corrected chi connectivity index (χ3v) is 6.35. The zero-order valence-electron chi connectivity index (χ0n) is 16.8. The Morgan fingerprint density at radius 3 is 1.62 bits per heavy atom. The fraction of sp³-hybridized carbons (Fsp3) is 0.882. The first kappa shape index (κ1) is 25.3. The summed E-state index contributed by atoms with van der Waals surface area (Å²) in [6, 6.07) is 0. The Morgan fingerprint density at radius 1 is 1.08 bits per heavy atom. The number of nitrogens with zero attached hydrogens (tertiary/aromatic N) is 1. The van der Waals surface area contributed by atoms with Crippen LogP contribution in [0.1, 0.15) is 54.4 Å². The quantitative estimate of drug-likeness (QED) is 0.705. The molecule has 1 amide bonds. The van der Waals surface area contributed by atoms with Crippen LogP contribution in [0.25, 0.3) is 0 Å². The Kier molecular flexibility index (Phi) is 11.4. The molecule has 1 N–H and O–H groups in total. The standard InChI is InChI=1S/C9H17NO2.C6H16OS.C2H4O2/c1-9(2,3)12-8(11)10-6-4-5-7-10;1-6(2,3)8(4,5)7;1-4-2-3/h4-7H2,1-3H3;7H,1-5H3;2H,1H3. The van der Waals surface area contributed by atoms with Crippen LogP contribution in [-0.4, -0.2) is 65.1 Å². The summed E-state index contributed by atoms with van der Waals surface area (Å²) in [4.78, 5) is 22.1. The molecule has 1 heterocycles. The van der Waals surface area contributed by atoms with Crippen LogP contribution in [0, 0.1) is 0 Å². The Balaban J connectivity index is 0. The summed E-state index contributed by atoms with van der Waals surface area (Å²) in [6.45, 7) is 13.9. The Labute approximate surface area is 149 Å². The molecule has 6 nitrogen and oxygen atoms in total. The molecule has 0 aromatic carbocycles. The van der Waals surface area contributed by atoms with Crippen molar-refractivity contribution in [3.63, 3.8) is 0 Å². The molecular weight excluding hydrogens is 330 g/mol. The normalized spacial score (nSPS) is 15.3. The molecule has 1 aliphatic rings. The van der Waals surface area contributed by atoms with Gasteiger partial charge < -0.3 is 18.9 Å². The fourth-order valence-electron chi connectivity index (χ4n) is 1.23. The van der Waals surface area contributed by atoms with E-state index in [9.17, 15) is 9.35 Å². The first-order valence-corrected chi connectivity index (χ1v) is 10.5. The van der Waals surface area contributed by atoms with Crippen molar-refractivity contribution in [3.05, 3.63) is 0 Å². The maximum atomic E-state index is 11.4. The molecule has 0 atom stereocenters. The lowest BCUT2D eigenvalue weighted by Crippen LogP contribution is -2.34. The highest BCUT2D eigenvalue weighted by atomic mass is 32.3. The molecule has 0 aromatic heterocycles. The van der Waals surface area contributed by atoms with Gasteiger partial charge in [-0.15, -0.1) is 10.3 Å². The highest BCUT2D eigenvalue weighted by Crippen LogP contribution is 2.48. The minimum atomic E-state index is -1.34. The van der Waals surface area contributed by atoms with Gasteiger partial charge in [-0.3, -0.25) is 4.79 Å². The largest absolute Gasteiger partial charge is 0.471 e. The highest BCUT2D eigenvalue weighted by molar-refractivity contribution is 8.29. The summed E-state index contributed by atoms with van der Waals surface area (Å²) in [7, 11) is -0.0278. The van der Waals surface area contributed by atoms with Gasteiger partial charge >= 0.3 is 6.09 Å². The molecule has 0 spiro atoms. The Morgan fingerprint density at radius 2 is 1.42 bits per heavy atom. The number of likely N-dealkylation sites (tertiary alicyclic amines) is 1. The van der Waals surface area contributed by atoms with E-state index in [4.69, 9.17) is 9.53 Å². The van der Waals surface area contributed by atoms with Gasteiger partial charge in [0.15, 0.2) is 0 Å². The molecule has 1 saturated heterocycles. The van der Waals surface area contributed by atoms with Gasteiger partial charge in [0.25, 0.3) is 6.47 Å². The molecule has 1 fully saturated rings. The lowest BCUT2D eigenvalue weighted by molar-refractivity contribution is -0.126. The van der Waals surface area contributed by atoms with E-state index in [0.717, 1.165) is 25.9 Å². The predicted octanol–water partition coefficient (Wildman–Crippen LogP) is 4.13. The lowest BCUT2D eigenvalue weighted by Gasteiger charge is -2.38. The average molecular weight is 368 g/mol. The number of hydrogen-bond acceptors (Lipinski definition) is 5. The molecule has 24 heavy (non-hydrogen) atoms. The molecule has 0 aromatic rings. The van der Waals surface area contributed by atoms with Gasteiger partial charge in [0.1, 0.15) is 5.60 Å². The number of methoxy groups -OCH3 is 1. The number of hydrogen-bond donors (Lipinski definition) is 1. The fourth-order valence-corrected chi connectivity index (χ4v) is 1.23. The number of carbonyl (C=O) groups excluding carboxylic acids is 2. The molecule has 0 radical (unpaired) electrons. The SMILES string of the molecule is CC(C)(C)OC(=O)N1CCCC1.CC(C)(C)S(C)(C)O.COC=O. The van der Waals surface area contributed by atoms with Gasteiger partial charge in [-0.05, 0) is 46.1 Å².